The summed E-state index contributed by atoms with van der Waals surface area (Å²) >= 11 is 0. The van der Waals surface area contributed by atoms with Gasteiger partial charge in [-0.05, 0) is 39.3 Å². The topological polar surface area (TPSA) is 63.2 Å². The number of carbonyl (C=O) groups excluding carboxylic acids is 1. The highest BCUT2D eigenvalue weighted by Gasteiger charge is 2.38. The number of hydrogen-bond acceptors (Lipinski definition) is 4. The lowest BCUT2D eigenvalue weighted by molar-refractivity contribution is 0.0724. The molecule has 1 aliphatic heterocycles. The molecule has 0 radical (unpaired) electrons. The van der Waals surface area contributed by atoms with Gasteiger partial charge in [0.25, 0.3) is 5.91 Å². The molecule has 19 heavy (non-hydrogen) atoms. The second kappa shape index (κ2) is 5.57. The van der Waals surface area contributed by atoms with Crippen LogP contribution in [0.25, 0.3) is 0 Å². The zero-order valence-electron chi connectivity index (χ0n) is 11.7. The molecule has 5 heteroatoms. The summed E-state index contributed by atoms with van der Waals surface area (Å²) in [7, 11) is 0. The van der Waals surface area contributed by atoms with Gasteiger partial charge in [-0.2, -0.15) is 0 Å². The van der Waals surface area contributed by atoms with E-state index in [1.54, 1.807) is 6.07 Å². The van der Waals surface area contributed by atoms with Crippen LogP contribution in [0, 0.1) is 0 Å². The molecule has 2 unspecified atom stereocenters. The number of pyridine rings is 1. The fraction of sp³-hybridized carbons (Fsp3) is 0.571. The number of anilines is 1. The minimum absolute atomic E-state index is 0.0217. The molecular formula is C14H21N3O2. The standard InChI is InChI=1S/C14H21N3O2/c1-4-15-12-7-5-6-11(16-12)13(18)17-14(3)8-9-19-10(14)2/h5-7,10H,4,8-9H2,1-3H3,(H,15,16)(H,17,18). The highest BCUT2D eigenvalue weighted by molar-refractivity contribution is 5.93. The molecule has 2 rings (SSSR count). The molecule has 0 aromatic carbocycles. The van der Waals surface area contributed by atoms with Gasteiger partial charge < -0.3 is 15.4 Å². The number of carbonyl (C=O) groups is 1. The molecule has 1 fully saturated rings. The van der Waals surface area contributed by atoms with Crippen LogP contribution in [-0.2, 0) is 4.74 Å². The van der Waals surface area contributed by atoms with Crippen LogP contribution >= 0.6 is 0 Å². The van der Waals surface area contributed by atoms with E-state index in [0.717, 1.165) is 18.8 Å². The van der Waals surface area contributed by atoms with Crippen molar-refractivity contribution in [2.75, 3.05) is 18.5 Å². The van der Waals surface area contributed by atoms with E-state index in [-0.39, 0.29) is 17.6 Å². The first-order chi connectivity index (χ1) is 9.05. The summed E-state index contributed by atoms with van der Waals surface area (Å²) in [6.45, 7) is 7.45. The number of aromatic nitrogens is 1. The fourth-order valence-electron chi connectivity index (χ4n) is 2.16. The number of nitrogens with zero attached hydrogens (tertiary/aromatic N) is 1. The molecule has 0 bridgehead atoms. The molecule has 0 saturated carbocycles. The van der Waals surface area contributed by atoms with Gasteiger partial charge in [-0.3, -0.25) is 4.79 Å². The molecule has 0 spiro atoms. The lowest BCUT2D eigenvalue weighted by atomic mass is 9.94. The summed E-state index contributed by atoms with van der Waals surface area (Å²) in [6.07, 6.45) is 0.848. The van der Waals surface area contributed by atoms with Crippen molar-refractivity contribution in [3.05, 3.63) is 23.9 Å². The summed E-state index contributed by atoms with van der Waals surface area (Å²) in [5.41, 5.74) is 0.117. The van der Waals surface area contributed by atoms with Gasteiger partial charge in [0.1, 0.15) is 11.5 Å². The average molecular weight is 263 g/mol. The first-order valence-electron chi connectivity index (χ1n) is 6.70. The second-order valence-electron chi connectivity index (χ2n) is 5.07. The van der Waals surface area contributed by atoms with Gasteiger partial charge in [0, 0.05) is 13.2 Å². The van der Waals surface area contributed by atoms with Gasteiger partial charge in [0.15, 0.2) is 0 Å². The minimum Gasteiger partial charge on any atom is -0.376 e. The summed E-state index contributed by atoms with van der Waals surface area (Å²) in [5.74, 6) is 0.565. The third-order valence-corrected chi connectivity index (χ3v) is 3.63. The molecule has 1 aromatic rings. The zero-order chi connectivity index (χ0) is 13.9. The van der Waals surface area contributed by atoms with Crippen LogP contribution in [0.3, 0.4) is 0 Å². The normalized spacial score (nSPS) is 26.2. The Hall–Kier alpha value is -1.62. The van der Waals surface area contributed by atoms with Crippen LogP contribution < -0.4 is 10.6 Å². The van der Waals surface area contributed by atoms with E-state index in [0.29, 0.717) is 12.3 Å². The van der Waals surface area contributed by atoms with E-state index in [1.807, 2.05) is 32.9 Å². The Morgan fingerprint density at radius 3 is 3.00 bits per heavy atom. The molecule has 2 N–H and O–H groups in total. The fourth-order valence-corrected chi connectivity index (χ4v) is 2.16. The minimum atomic E-state index is -0.313. The Morgan fingerprint density at radius 2 is 2.37 bits per heavy atom. The summed E-state index contributed by atoms with van der Waals surface area (Å²) in [6, 6.07) is 5.40. The SMILES string of the molecule is CCNc1cccc(C(=O)NC2(C)CCOC2C)n1. The van der Waals surface area contributed by atoms with E-state index >= 15 is 0 Å². The predicted molar refractivity (Wildman–Crippen MR) is 74.3 cm³/mol. The van der Waals surface area contributed by atoms with Crippen molar-refractivity contribution in [1.82, 2.24) is 10.3 Å². The number of hydrogen-bond donors (Lipinski definition) is 2. The van der Waals surface area contributed by atoms with Crippen LogP contribution in [0.2, 0.25) is 0 Å². The third kappa shape index (κ3) is 3.04. The Labute approximate surface area is 113 Å². The van der Waals surface area contributed by atoms with Crippen LogP contribution in [-0.4, -0.2) is 35.7 Å². The van der Waals surface area contributed by atoms with Crippen molar-refractivity contribution in [3.8, 4) is 0 Å². The largest absolute Gasteiger partial charge is 0.376 e. The van der Waals surface area contributed by atoms with Crippen molar-refractivity contribution in [1.29, 1.82) is 0 Å². The van der Waals surface area contributed by atoms with Crippen molar-refractivity contribution < 1.29 is 9.53 Å². The molecule has 5 nitrogen and oxygen atoms in total. The van der Waals surface area contributed by atoms with Crippen LogP contribution in [0.4, 0.5) is 5.82 Å². The first kappa shape index (κ1) is 13.8. The van der Waals surface area contributed by atoms with Crippen molar-refractivity contribution in [3.63, 3.8) is 0 Å². The summed E-state index contributed by atoms with van der Waals surface area (Å²) in [5, 5.41) is 6.14. The third-order valence-electron chi connectivity index (χ3n) is 3.63. The van der Waals surface area contributed by atoms with Crippen molar-refractivity contribution in [2.24, 2.45) is 0 Å². The van der Waals surface area contributed by atoms with E-state index in [2.05, 4.69) is 15.6 Å². The monoisotopic (exact) mass is 263 g/mol. The van der Waals surface area contributed by atoms with E-state index in [1.165, 1.54) is 0 Å². The molecule has 1 amide bonds. The Balaban J connectivity index is 2.09. The first-order valence-corrected chi connectivity index (χ1v) is 6.70. The van der Waals surface area contributed by atoms with Crippen LogP contribution in [0.1, 0.15) is 37.7 Å². The number of amides is 1. The Bertz CT molecular complexity index is 464. The average Bonchev–Trinajstić information content (AvgIpc) is 2.70. The number of rotatable bonds is 4. The van der Waals surface area contributed by atoms with Gasteiger partial charge in [-0.15, -0.1) is 0 Å². The molecule has 104 valence electrons. The van der Waals surface area contributed by atoms with Crippen molar-refractivity contribution in [2.45, 2.75) is 38.8 Å². The molecule has 2 heterocycles. The molecule has 2 atom stereocenters. The number of nitrogens with one attached hydrogen (secondary N) is 2. The van der Waals surface area contributed by atoms with Gasteiger partial charge in [0.05, 0.1) is 11.6 Å². The molecule has 1 saturated heterocycles. The zero-order valence-corrected chi connectivity index (χ0v) is 11.7. The van der Waals surface area contributed by atoms with Gasteiger partial charge in [-0.1, -0.05) is 6.07 Å². The van der Waals surface area contributed by atoms with E-state index in [4.69, 9.17) is 4.74 Å². The molecule has 0 aliphatic carbocycles. The number of ether oxygens (including phenoxy) is 1. The van der Waals surface area contributed by atoms with Crippen molar-refractivity contribution >= 4 is 11.7 Å². The summed E-state index contributed by atoms with van der Waals surface area (Å²) in [4.78, 5) is 16.5. The van der Waals surface area contributed by atoms with E-state index in [9.17, 15) is 4.79 Å². The van der Waals surface area contributed by atoms with Crippen LogP contribution in [0.15, 0.2) is 18.2 Å². The van der Waals surface area contributed by atoms with Gasteiger partial charge in [0.2, 0.25) is 0 Å². The van der Waals surface area contributed by atoms with Gasteiger partial charge >= 0.3 is 0 Å². The molecule has 1 aliphatic rings. The molecular weight excluding hydrogens is 242 g/mol. The lowest BCUT2D eigenvalue weighted by Crippen LogP contribution is -2.50. The smallest absolute Gasteiger partial charge is 0.270 e. The van der Waals surface area contributed by atoms with E-state index < -0.39 is 0 Å². The Kier molecular flexibility index (Phi) is 4.04. The Morgan fingerprint density at radius 1 is 1.58 bits per heavy atom. The summed E-state index contributed by atoms with van der Waals surface area (Å²) < 4.78 is 5.52. The maximum Gasteiger partial charge on any atom is 0.270 e. The molecule has 1 aromatic heterocycles. The second-order valence-corrected chi connectivity index (χ2v) is 5.07. The van der Waals surface area contributed by atoms with Gasteiger partial charge in [-0.25, -0.2) is 4.98 Å². The maximum absolute atomic E-state index is 12.3. The quantitative estimate of drug-likeness (QED) is 0.869. The lowest BCUT2D eigenvalue weighted by Gasteiger charge is -2.28. The highest BCUT2D eigenvalue weighted by Crippen LogP contribution is 2.25. The predicted octanol–water partition coefficient (Wildman–Crippen LogP) is 1.81. The van der Waals surface area contributed by atoms with Crippen LogP contribution in [0.5, 0.6) is 0 Å². The maximum atomic E-state index is 12.3. The highest BCUT2D eigenvalue weighted by atomic mass is 16.5.